The van der Waals surface area contributed by atoms with Crippen LogP contribution >= 0.6 is 34.8 Å². The van der Waals surface area contributed by atoms with E-state index in [0.29, 0.717) is 5.75 Å². The van der Waals surface area contributed by atoms with Crippen LogP contribution in [0.5, 0.6) is 5.75 Å². The molecule has 7 heteroatoms. The van der Waals surface area contributed by atoms with Crippen molar-refractivity contribution < 1.29 is 14.3 Å². The molecule has 0 unspecified atom stereocenters. The molecule has 0 aliphatic heterocycles. The summed E-state index contributed by atoms with van der Waals surface area (Å²) in [6.07, 6.45) is 1.25. The monoisotopic (exact) mass is 359 g/mol. The van der Waals surface area contributed by atoms with Gasteiger partial charge in [-0.3, -0.25) is 0 Å². The predicted molar refractivity (Wildman–Crippen MR) is 86.2 cm³/mol. The first kappa shape index (κ1) is 16.9. The topological polar surface area (TPSA) is 48.4 Å². The SMILES string of the molecule is Cc1ccc(OCCOC(=O)c2ncc(Cl)c(Cl)c2Cl)cc1. The van der Waals surface area contributed by atoms with Crippen LogP contribution < -0.4 is 4.74 Å². The Bertz CT molecular complexity index is 674. The van der Waals surface area contributed by atoms with E-state index >= 15 is 0 Å². The Kier molecular flexibility index (Phi) is 5.89. The highest BCUT2D eigenvalue weighted by Crippen LogP contribution is 2.31. The molecule has 4 nitrogen and oxygen atoms in total. The van der Waals surface area contributed by atoms with E-state index in [4.69, 9.17) is 44.3 Å². The standard InChI is InChI=1S/C15H12Cl3NO3/c1-9-2-4-10(5-3-9)21-6-7-22-15(20)14-13(18)12(17)11(16)8-19-14/h2-5,8H,6-7H2,1H3. The summed E-state index contributed by atoms with van der Waals surface area (Å²) in [7, 11) is 0. The molecule has 0 bridgehead atoms. The fourth-order valence-electron chi connectivity index (χ4n) is 1.58. The van der Waals surface area contributed by atoms with Crippen molar-refractivity contribution in [2.75, 3.05) is 13.2 Å². The molecule has 0 aliphatic rings. The Morgan fingerprint density at radius 1 is 1.09 bits per heavy atom. The number of halogens is 3. The second-order valence-electron chi connectivity index (χ2n) is 4.38. The van der Waals surface area contributed by atoms with E-state index in [1.165, 1.54) is 6.20 Å². The minimum Gasteiger partial charge on any atom is -0.490 e. The fourth-order valence-corrected chi connectivity index (χ4v) is 2.14. The molecule has 1 aromatic carbocycles. The number of rotatable bonds is 5. The van der Waals surface area contributed by atoms with Crippen molar-refractivity contribution in [1.29, 1.82) is 0 Å². The molecule has 2 rings (SSSR count). The minimum absolute atomic E-state index is 0.0291. The number of ether oxygens (including phenoxy) is 2. The van der Waals surface area contributed by atoms with Gasteiger partial charge in [-0.15, -0.1) is 0 Å². The van der Waals surface area contributed by atoms with E-state index in [9.17, 15) is 4.79 Å². The van der Waals surface area contributed by atoms with E-state index in [-0.39, 0.29) is 34.0 Å². The number of benzene rings is 1. The maximum atomic E-state index is 11.9. The van der Waals surface area contributed by atoms with Gasteiger partial charge in [-0.05, 0) is 19.1 Å². The lowest BCUT2D eigenvalue weighted by Gasteiger charge is -2.08. The third kappa shape index (κ3) is 4.26. The summed E-state index contributed by atoms with van der Waals surface area (Å²) in [6.45, 7) is 2.26. The Labute approximate surface area is 142 Å². The average molecular weight is 361 g/mol. The summed E-state index contributed by atoms with van der Waals surface area (Å²) < 4.78 is 10.5. The summed E-state index contributed by atoms with van der Waals surface area (Å²) in [5.41, 5.74) is 1.06. The molecule has 0 atom stereocenters. The molecule has 22 heavy (non-hydrogen) atoms. The smallest absolute Gasteiger partial charge is 0.358 e. The average Bonchev–Trinajstić information content (AvgIpc) is 2.51. The van der Waals surface area contributed by atoms with Crippen LogP contribution in [0.4, 0.5) is 0 Å². The van der Waals surface area contributed by atoms with Crippen LogP contribution in [0.15, 0.2) is 30.5 Å². The summed E-state index contributed by atoms with van der Waals surface area (Å²) in [4.78, 5) is 15.7. The highest BCUT2D eigenvalue weighted by Gasteiger charge is 2.18. The molecule has 0 amide bonds. The number of aromatic nitrogens is 1. The molecule has 2 aromatic rings. The van der Waals surface area contributed by atoms with E-state index in [1.807, 2.05) is 31.2 Å². The Balaban J connectivity index is 1.85. The van der Waals surface area contributed by atoms with Crippen LogP contribution in [0.2, 0.25) is 15.1 Å². The van der Waals surface area contributed by atoms with Crippen LogP contribution in [-0.4, -0.2) is 24.2 Å². The van der Waals surface area contributed by atoms with E-state index in [0.717, 1.165) is 5.56 Å². The van der Waals surface area contributed by atoms with Crippen molar-refractivity contribution in [1.82, 2.24) is 4.98 Å². The second-order valence-corrected chi connectivity index (χ2v) is 5.54. The molecule has 0 spiro atoms. The molecule has 0 saturated carbocycles. The van der Waals surface area contributed by atoms with Gasteiger partial charge in [0.15, 0.2) is 5.69 Å². The Hall–Kier alpha value is -1.49. The number of hydrogen-bond donors (Lipinski definition) is 0. The molecule has 0 saturated heterocycles. The van der Waals surface area contributed by atoms with Gasteiger partial charge in [0.2, 0.25) is 0 Å². The van der Waals surface area contributed by atoms with Crippen molar-refractivity contribution in [2.45, 2.75) is 6.92 Å². The quantitative estimate of drug-likeness (QED) is 0.578. The second kappa shape index (κ2) is 7.68. The molecule has 0 radical (unpaired) electrons. The van der Waals surface area contributed by atoms with Crippen molar-refractivity contribution in [3.63, 3.8) is 0 Å². The number of carbonyl (C=O) groups excluding carboxylic acids is 1. The maximum Gasteiger partial charge on any atom is 0.358 e. The zero-order valence-electron chi connectivity index (χ0n) is 11.6. The highest BCUT2D eigenvalue weighted by atomic mass is 35.5. The lowest BCUT2D eigenvalue weighted by Crippen LogP contribution is -2.14. The van der Waals surface area contributed by atoms with Crippen LogP contribution in [0.3, 0.4) is 0 Å². The summed E-state index contributed by atoms with van der Waals surface area (Å²) in [6, 6.07) is 7.55. The van der Waals surface area contributed by atoms with Gasteiger partial charge in [-0.1, -0.05) is 52.5 Å². The van der Waals surface area contributed by atoms with Crippen molar-refractivity contribution in [3.05, 3.63) is 56.8 Å². The summed E-state index contributed by atoms with van der Waals surface area (Å²) in [5.74, 6) is 0.0171. The lowest BCUT2D eigenvalue weighted by atomic mass is 10.2. The van der Waals surface area contributed by atoms with Crippen molar-refractivity contribution in [3.8, 4) is 5.75 Å². The van der Waals surface area contributed by atoms with Gasteiger partial charge in [0.1, 0.15) is 19.0 Å². The largest absolute Gasteiger partial charge is 0.490 e. The van der Waals surface area contributed by atoms with E-state index < -0.39 is 5.97 Å². The lowest BCUT2D eigenvalue weighted by molar-refractivity contribution is 0.0444. The van der Waals surface area contributed by atoms with Crippen LogP contribution in [-0.2, 0) is 4.74 Å². The number of pyridine rings is 1. The molecule has 0 N–H and O–H groups in total. The number of esters is 1. The molecule has 0 aliphatic carbocycles. The van der Waals surface area contributed by atoms with Gasteiger partial charge in [0.05, 0.1) is 15.1 Å². The molecule has 0 fully saturated rings. The van der Waals surface area contributed by atoms with Crippen LogP contribution in [0.25, 0.3) is 0 Å². The number of hydrogen-bond acceptors (Lipinski definition) is 4. The fraction of sp³-hybridized carbons (Fsp3) is 0.200. The summed E-state index contributed by atoms with van der Waals surface area (Å²) in [5, 5.41) is 0.214. The minimum atomic E-state index is -0.684. The van der Waals surface area contributed by atoms with Crippen molar-refractivity contribution in [2.24, 2.45) is 0 Å². The Morgan fingerprint density at radius 3 is 2.45 bits per heavy atom. The molecule has 1 aromatic heterocycles. The van der Waals surface area contributed by atoms with Gasteiger partial charge in [-0.2, -0.15) is 0 Å². The first-order chi connectivity index (χ1) is 10.5. The molecular weight excluding hydrogens is 349 g/mol. The van der Waals surface area contributed by atoms with Gasteiger partial charge in [-0.25, -0.2) is 9.78 Å². The molecular formula is C15H12Cl3NO3. The summed E-state index contributed by atoms with van der Waals surface area (Å²) >= 11 is 17.5. The number of carbonyl (C=O) groups is 1. The van der Waals surface area contributed by atoms with E-state index in [2.05, 4.69) is 4.98 Å². The third-order valence-corrected chi connectivity index (χ3v) is 3.96. The molecule has 1 heterocycles. The first-order valence-electron chi connectivity index (χ1n) is 6.35. The van der Waals surface area contributed by atoms with Gasteiger partial charge in [0.25, 0.3) is 0 Å². The zero-order valence-corrected chi connectivity index (χ0v) is 13.9. The number of aryl methyl sites for hydroxylation is 1. The first-order valence-corrected chi connectivity index (χ1v) is 7.48. The van der Waals surface area contributed by atoms with Crippen LogP contribution in [0.1, 0.15) is 16.1 Å². The maximum absolute atomic E-state index is 11.9. The van der Waals surface area contributed by atoms with Gasteiger partial charge >= 0.3 is 5.97 Å². The van der Waals surface area contributed by atoms with E-state index in [1.54, 1.807) is 0 Å². The normalized spacial score (nSPS) is 10.4. The Morgan fingerprint density at radius 2 is 1.77 bits per heavy atom. The number of nitrogens with zero attached hydrogens (tertiary/aromatic N) is 1. The van der Waals surface area contributed by atoms with Gasteiger partial charge < -0.3 is 9.47 Å². The van der Waals surface area contributed by atoms with Crippen LogP contribution in [0, 0.1) is 6.92 Å². The predicted octanol–water partition coefficient (Wildman–Crippen LogP) is 4.59. The van der Waals surface area contributed by atoms with Gasteiger partial charge in [0, 0.05) is 6.20 Å². The highest BCUT2D eigenvalue weighted by molar-refractivity contribution is 6.48. The van der Waals surface area contributed by atoms with Crippen molar-refractivity contribution >= 4 is 40.8 Å². The third-order valence-electron chi connectivity index (χ3n) is 2.72. The molecule has 116 valence electrons. The zero-order chi connectivity index (χ0) is 16.1.